The van der Waals surface area contributed by atoms with E-state index >= 15 is 0 Å². The van der Waals surface area contributed by atoms with Crippen LogP contribution in [0.25, 0.3) is 0 Å². The summed E-state index contributed by atoms with van der Waals surface area (Å²) >= 11 is 5.80. The molecule has 3 rings (SSSR count). The van der Waals surface area contributed by atoms with Crippen molar-refractivity contribution < 1.29 is 22.7 Å². The molecule has 1 unspecified atom stereocenters. The molecule has 3 nitrogen and oxygen atoms in total. The number of nitriles is 1. The molecular weight excluding hydrogens is 324 g/mol. The molecule has 1 saturated carbocycles. The van der Waals surface area contributed by atoms with Crippen LogP contribution in [-0.4, -0.2) is 30.0 Å². The number of rotatable bonds is 2. The van der Waals surface area contributed by atoms with Gasteiger partial charge in [0.2, 0.25) is 0 Å². The number of nitrogens with zero attached hydrogens (tertiary/aromatic N) is 2. The zero-order chi connectivity index (χ0) is 16.2. The largest absolute Gasteiger partial charge is 0.416 e. The highest BCUT2D eigenvalue weighted by atomic mass is 35.5. The fraction of sp³-hybridized carbons (Fsp3) is 0.500. The van der Waals surface area contributed by atoms with Gasteiger partial charge in [-0.05, 0) is 30.4 Å². The van der Waals surface area contributed by atoms with Crippen molar-refractivity contribution in [1.82, 2.24) is 0 Å². The second-order valence-corrected chi connectivity index (χ2v) is 6.09. The molecule has 1 aliphatic carbocycles. The Kier molecular flexibility index (Phi) is 3.49. The highest BCUT2D eigenvalue weighted by Crippen LogP contribution is 2.53. The summed E-state index contributed by atoms with van der Waals surface area (Å²) in [7, 11) is 0. The Bertz CT molecular complexity index is 634. The first-order chi connectivity index (χ1) is 10.2. The lowest BCUT2D eigenvalue weighted by Gasteiger charge is -2.34. The van der Waals surface area contributed by atoms with Gasteiger partial charge in [-0.2, -0.15) is 18.4 Å². The van der Waals surface area contributed by atoms with E-state index in [0.717, 1.165) is 6.07 Å². The quantitative estimate of drug-likeness (QED) is 0.845. The van der Waals surface area contributed by atoms with Crippen molar-refractivity contribution >= 4 is 17.3 Å². The van der Waals surface area contributed by atoms with Crippen LogP contribution in [-0.2, 0) is 0 Å². The van der Waals surface area contributed by atoms with E-state index in [1.807, 2.05) is 0 Å². The van der Waals surface area contributed by atoms with Gasteiger partial charge in [0.1, 0.15) is 17.4 Å². The summed E-state index contributed by atoms with van der Waals surface area (Å²) in [4.78, 5) is 1.34. The van der Waals surface area contributed by atoms with E-state index in [9.17, 15) is 22.7 Å². The predicted molar refractivity (Wildman–Crippen MR) is 70.9 cm³/mol. The second kappa shape index (κ2) is 5.00. The third kappa shape index (κ3) is 2.40. The molecule has 8 heteroatoms. The van der Waals surface area contributed by atoms with E-state index in [0.29, 0.717) is 13.0 Å². The van der Waals surface area contributed by atoms with Crippen LogP contribution in [0.1, 0.15) is 12.0 Å². The molecule has 0 aromatic heterocycles. The lowest BCUT2D eigenvalue weighted by molar-refractivity contribution is -0.210. The Hall–Kier alpha value is -1.52. The van der Waals surface area contributed by atoms with Crippen molar-refractivity contribution in [2.45, 2.75) is 24.7 Å². The van der Waals surface area contributed by atoms with Crippen LogP contribution >= 0.6 is 11.6 Å². The molecule has 1 saturated heterocycles. The van der Waals surface area contributed by atoms with Gasteiger partial charge in [0.15, 0.2) is 6.10 Å². The Morgan fingerprint density at radius 3 is 2.64 bits per heavy atom. The van der Waals surface area contributed by atoms with E-state index in [2.05, 4.69) is 0 Å². The van der Waals surface area contributed by atoms with Crippen molar-refractivity contribution in [3.63, 3.8) is 0 Å². The third-order valence-electron chi connectivity index (χ3n) is 4.34. The van der Waals surface area contributed by atoms with Crippen LogP contribution in [0.2, 0.25) is 5.02 Å². The molecule has 1 heterocycles. The minimum Gasteiger partial charge on any atom is -0.382 e. The number of piperidine rings is 1. The Morgan fingerprint density at radius 1 is 1.41 bits per heavy atom. The van der Waals surface area contributed by atoms with Gasteiger partial charge in [-0.15, -0.1) is 0 Å². The molecule has 0 amide bonds. The number of aliphatic hydroxyl groups is 1. The summed E-state index contributed by atoms with van der Waals surface area (Å²) < 4.78 is 52.3. The van der Waals surface area contributed by atoms with E-state index in [4.69, 9.17) is 16.9 Å². The number of hydrogen-bond donors (Lipinski definition) is 1. The molecule has 2 fully saturated rings. The van der Waals surface area contributed by atoms with Gasteiger partial charge in [0.05, 0.1) is 11.1 Å². The Balaban J connectivity index is 1.96. The minimum atomic E-state index is -4.74. The standard InChI is InChI=1S/C14H11ClF4N2O/c15-10-2-7(3-11(16)9(10)4-20)21-5-6-1-8(6)12(21)13(22)14(17,18)19/h2-3,6,8,12-13,22H,1,5H2/t6-,8-,12?,13-/m1/s1. The maximum absolute atomic E-state index is 13.8. The van der Waals surface area contributed by atoms with Crippen LogP contribution in [0.3, 0.4) is 0 Å². The highest BCUT2D eigenvalue weighted by molar-refractivity contribution is 6.32. The SMILES string of the molecule is N#Cc1c(F)cc(N2C[C@H]3C[C@H]3C2[C@@H](O)C(F)(F)F)cc1Cl. The van der Waals surface area contributed by atoms with E-state index in [1.54, 1.807) is 6.07 Å². The molecule has 118 valence electrons. The normalized spacial score (nSPS) is 28.2. The number of halogens is 5. The maximum Gasteiger partial charge on any atom is 0.416 e. The van der Waals surface area contributed by atoms with Gasteiger partial charge in [0.25, 0.3) is 0 Å². The number of fused-ring (bicyclic) bond motifs is 1. The van der Waals surface area contributed by atoms with E-state index in [-0.39, 0.29) is 28.1 Å². The summed E-state index contributed by atoms with van der Waals surface area (Å²) in [6.45, 7) is 0.310. The van der Waals surface area contributed by atoms with Crippen LogP contribution in [0.5, 0.6) is 0 Å². The number of aliphatic hydroxyl groups excluding tert-OH is 1. The zero-order valence-corrected chi connectivity index (χ0v) is 11.9. The lowest BCUT2D eigenvalue weighted by atomic mass is 10.0. The molecule has 0 spiro atoms. The molecule has 22 heavy (non-hydrogen) atoms. The van der Waals surface area contributed by atoms with Gasteiger partial charge < -0.3 is 10.0 Å². The van der Waals surface area contributed by atoms with Gasteiger partial charge in [-0.3, -0.25) is 0 Å². The third-order valence-corrected chi connectivity index (χ3v) is 4.63. The smallest absolute Gasteiger partial charge is 0.382 e. The van der Waals surface area contributed by atoms with E-state index in [1.165, 1.54) is 11.0 Å². The van der Waals surface area contributed by atoms with Crippen LogP contribution in [0.15, 0.2) is 12.1 Å². The fourth-order valence-corrected chi connectivity index (χ4v) is 3.46. The Labute approximate surface area is 128 Å². The second-order valence-electron chi connectivity index (χ2n) is 5.69. The Morgan fingerprint density at radius 2 is 2.09 bits per heavy atom. The van der Waals surface area contributed by atoms with Crippen LogP contribution in [0.4, 0.5) is 23.2 Å². The molecule has 4 atom stereocenters. The number of anilines is 1. The summed E-state index contributed by atoms with van der Waals surface area (Å²) in [6.07, 6.45) is -6.61. The number of benzene rings is 1. The highest BCUT2D eigenvalue weighted by Gasteiger charge is 2.60. The molecule has 2 aliphatic rings. The van der Waals surface area contributed by atoms with Crippen LogP contribution < -0.4 is 4.90 Å². The molecule has 0 radical (unpaired) electrons. The van der Waals surface area contributed by atoms with Crippen molar-refractivity contribution in [1.29, 1.82) is 5.26 Å². The topological polar surface area (TPSA) is 47.3 Å². The van der Waals surface area contributed by atoms with Crippen molar-refractivity contribution in [2.75, 3.05) is 11.4 Å². The van der Waals surface area contributed by atoms with Gasteiger partial charge >= 0.3 is 6.18 Å². The summed E-state index contributed by atoms with van der Waals surface area (Å²) in [5.74, 6) is -1.07. The van der Waals surface area contributed by atoms with E-state index < -0.39 is 24.1 Å². The zero-order valence-electron chi connectivity index (χ0n) is 11.1. The van der Waals surface area contributed by atoms with Crippen molar-refractivity contribution in [3.8, 4) is 6.07 Å². The predicted octanol–water partition coefficient (Wildman–Crippen LogP) is 3.10. The molecular formula is C14H11ClF4N2O. The van der Waals surface area contributed by atoms with Crippen molar-refractivity contribution in [2.24, 2.45) is 11.8 Å². The van der Waals surface area contributed by atoms with Crippen LogP contribution in [0, 0.1) is 29.0 Å². The van der Waals surface area contributed by atoms with Crippen molar-refractivity contribution in [3.05, 3.63) is 28.5 Å². The maximum atomic E-state index is 13.8. The average molecular weight is 335 g/mol. The minimum absolute atomic E-state index is 0.0690. The summed E-state index contributed by atoms with van der Waals surface area (Å²) in [6, 6.07) is 2.72. The number of alkyl halides is 3. The summed E-state index contributed by atoms with van der Waals surface area (Å²) in [5.41, 5.74) is -0.190. The molecule has 1 aromatic carbocycles. The van der Waals surface area contributed by atoms with Gasteiger partial charge in [-0.25, -0.2) is 4.39 Å². The fourth-order valence-electron chi connectivity index (χ4n) is 3.21. The molecule has 1 aromatic rings. The molecule has 1 aliphatic heterocycles. The molecule has 0 bridgehead atoms. The van der Waals surface area contributed by atoms with Gasteiger partial charge in [0, 0.05) is 12.2 Å². The van der Waals surface area contributed by atoms with Gasteiger partial charge in [-0.1, -0.05) is 11.6 Å². The monoisotopic (exact) mass is 334 g/mol. The lowest BCUT2D eigenvalue weighted by Crippen LogP contribution is -2.49. The first kappa shape index (κ1) is 15.4. The molecule has 1 N–H and O–H groups in total. The average Bonchev–Trinajstić information content (AvgIpc) is 3.07. The number of hydrogen-bond acceptors (Lipinski definition) is 3. The first-order valence-electron chi connectivity index (χ1n) is 6.64. The first-order valence-corrected chi connectivity index (χ1v) is 7.02. The summed E-state index contributed by atoms with van der Waals surface area (Å²) in [5, 5.41) is 18.2.